The molecule has 104 valence electrons. The highest BCUT2D eigenvalue weighted by atomic mass is 32.1. The van der Waals surface area contributed by atoms with Gasteiger partial charge in [-0.15, -0.1) is 0 Å². The molecule has 0 radical (unpaired) electrons. The van der Waals surface area contributed by atoms with E-state index in [0.717, 1.165) is 11.3 Å². The van der Waals surface area contributed by atoms with E-state index in [1.54, 1.807) is 24.3 Å². The van der Waals surface area contributed by atoms with Gasteiger partial charge in [-0.2, -0.15) is 0 Å². The summed E-state index contributed by atoms with van der Waals surface area (Å²) in [5, 5.41) is 6.72. The van der Waals surface area contributed by atoms with Crippen molar-refractivity contribution < 1.29 is 4.39 Å². The van der Waals surface area contributed by atoms with Crippen LogP contribution in [0, 0.1) is 5.82 Å². The van der Waals surface area contributed by atoms with Gasteiger partial charge in [0.2, 0.25) is 0 Å². The molecule has 5 heteroatoms. The van der Waals surface area contributed by atoms with Gasteiger partial charge in [0.25, 0.3) is 0 Å². The summed E-state index contributed by atoms with van der Waals surface area (Å²) in [7, 11) is 0. The molecule has 0 aliphatic heterocycles. The number of rotatable bonds is 3. The number of nitrogens with one attached hydrogen (secondary N) is 2. The van der Waals surface area contributed by atoms with Gasteiger partial charge in [0.1, 0.15) is 5.82 Å². The van der Waals surface area contributed by atoms with Crippen LogP contribution in [0.3, 0.4) is 0 Å². The number of nitrogen functional groups attached to an aromatic ring is 1. The minimum Gasteiger partial charge on any atom is -0.399 e. The number of nitrogens with two attached hydrogens (primary N) is 1. The second kappa shape index (κ2) is 6.34. The van der Waals surface area contributed by atoms with Crippen molar-refractivity contribution in [3.05, 3.63) is 59.9 Å². The molecular formula is C15H16FN3S. The molecule has 0 saturated heterocycles. The van der Waals surface area contributed by atoms with Crippen molar-refractivity contribution in [1.82, 2.24) is 5.32 Å². The Morgan fingerprint density at radius 3 is 2.30 bits per heavy atom. The molecule has 2 rings (SSSR count). The summed E-state index contributed by atoms with van der Waals surface area (Å²) in [6, 6.07) is 13.6. The summed E-state index contributed by atoms with van der Waals surface area (Å²) in [6.45, 7) is 1.96. The second-order valence-electron chi connectivity index (χ2n) is 4.49. The second-order valence-corrected chi connectivity index (χ2v) is 4.90. The molecule has 3 nitrogen and oxygen atoms in total. The molecule has 0 heterocycles. The summed E-state index contributed by atoms with van der Waals surface area (Å²) in [4.78, 5) is 0. The maximum atomic E-state index is 12.9. The minimum atomic E-state index is -0.247. The maximum Gasteiger partial charge on any atom is 0.171 e. The van der Waals surface area contributed by atoms with Crippen molar-refractivity contribution in [1.29, 1.82) is 0 Å². The Morgan fingerprint density at radius 2 is 1.70 bits per heavy atom. The molecule has 0 aliphatic carbocycles. The molecule has 0 amide bonds. The largest absolute Gasteiger partial charge is 0.399 e. The van der Waals surface area contributed by atoms with E-state index in [1.807, 2.05) is 19.1 Å². The number of anilines is 2. The van der Waals surface area contributed by atoms with Gasteiger partial charge >= 0.3 is 0 Å². The van der Waals surface area contributed by atoms with Crippen molar-refractivity contribution in [3.63, 3.8) is 0 Å². The molecule has 0 fully saturated rings. The lowest BCUT2D eigenvalue weighted by Crippen LogP contribution is -2.30. The third kappa shape index (κ3) is 3.93. The zero-order valence-corrected chi connectivity index (χ0v) is 11.9. The monoisotopic (exact) mass is 289 g/mol. The highest BCUT2D eigenvalue weighted by Gasteiger charge is 2.07. The SMILES string of the molecule is CC(NC(=S)Nc1ccc(N)cc1)c1ccc(F)cc1. The van der Waals surface area contributed by atoms with Crippen LogP contribution in [0.5, 0.6) is 0 Å². The third-order valence-corrected chi connectivity index (χ3v) is 3.11. The van der Waals surface area contributed by atoms with Crippen molar-refractivity contribution >= 4 is 28.7 Å². The Labute approximate surface area is 123 Å². The highest BCUT2D eigenvalue weighted by Crippen LogP contribution is 2.14. The Hall–Kier alpha value is -2.14. The van der Waals surface area contributed by atoms with Gasteiger partial charge in [-0.3, -0.25) is 0 Å². The summed E-state index contributed by atoms with van der Waals surface area (Å²) in [5.74, 6) is -0.247. The van der Waals surface area contributed by atoms with E-state index < -0.39 is 0 Å². The smallest absolute Gasteiger partial charge is 0.171 e. The molecule has 20 heavy (non-hydrogen) atoms. The van der Waals surface area contributed by atoms with Crippen LogP contribution in [0.1, 0.15) is 18.5 Å². The first-order valence-electron chi connectivity index (χ1n) is 6.23. The van der Waals surface area contributed by atoms with Gasteiger partial charge in [-0.25, -0.2) is 4.39 Å². The topological polar surface area (TPSA) is 50.1 Å². The Balaban J connectivity index is 1.93. The van der Waals surface area contributed by atoms with E-state index in [1.165, 1.54) is 12.1 Å². The first kappa shape index (κ1) is 14.3. The fourth-order valence-electron chi connectivity index (χ4n) is 1.77. The lowest BCUT2D eigenvalue weighted by molar-refractivity contribution is 0.624. The summed E-state index contributed by atoms with van der Waals surface area (Å²) >= 11 is 5.24. The Bertz CT molecular complexity index is 581. The van der Waals surface area contributed by atoms with Gasteiger partial charge in [0.15, 0.2) is 5.11 Å². The first-order valence-corrected chi connectivity index (χ1v) is 6.64. The van der Waals surface area contributed by atoms with E-state index in [9.17, 15) is 4.39 Å². The van der Waals surface area contributed by atoms with Crippen LogP contribution in [0.25, 0.3) is 0 Å². The molecular weight excluding hydrogens is 273 g/mol. The van der Waals surface area contributed by atoms with Crippen LogP contribution >= 0.6 is 12.2 Å². The van der Waals surface area contributed by atoms with Crippen LogP contribution in [0.2, 0.25) is 0 Å². The molecule has 1 unspecified atom stereocenters. The lowest BCUT2D eigenvalue weighted by atomic mass is 10.1. The standard InChI is InChI=1S/C15H16FN3S/c1-10(11-2-4-12(16)5-3-11)18-15(20)19-14-8-6-13(17)7-9-14/h2-10H,17H2,1H3,(H2,18,19,20). The van der Waals surface area contributed by atoms with Gasteiger partial charge in [0.05, 0.1) is 6.04 Å². The van der Waals surface area contributed by atoms with Crippen molar-refractivity contribution in [2.24, 2.45) is 0 Å². The molecule has 0 spiro atoms. The van der Waals surface area contributed by atoms with Gasteiger partial charge in [-0.05, 0) is 61.1 Å². The molecule has 0 aromatic heterocycles. The fraction of sp³-hybridized carbons (Fsp3) is 0.133. The summed E-state index contributed by atoms with van der Waals surface area (Å²) in [5.41, 5.74) is 8.15. The van der Waals surface area contributed by atoms with E-state index in [2.05, 4.69) is 10.6 Å². The number of hydrogen-bond donors (Lipinski definition) is 3. The van der Waals surface area contributed by atoms with Crippen molar-refractivity contribution in [3.8, 4) is 0 Å². The molecule has 2 aromatic rings. The molecule has 2 aromatic carbocycles. The van der Waals surface area contributed by atoms with E-state index in [4.69, 9.17) is 18.0 Å². The van der Waals surface area contributed by atoms with Crippen molar-refractivity contribution in [2.45, 2.75) is 13.0 Å². The zero-order valence-electron chi connectivity index (χ0n) is 11.1. The highest BCUT2D eigenvalue weighted by molar-refractivity contribution is 7.80. The van der Waals surface area contributed by atoms with Crippen LogP contribution in [-0.4, -0.2) is 5.11 Å². The fourth-order valence-corrected chi connectivity index (χ4v) is 2.06. The predicted molar refractivity (Wildman–Crippen MR) is 85.0 cm³/mol. The van der Waals surface area contributed by atoms with E-state index >= 15 is 0 Å². The van der Waals surface area contributed by atoms with Crippen LogP contribution in [0.4, 0.5) is 15.8 Å². The number of benzene rings is 2. The molecule has 0 saturated carbocycles. The van der Waals surface area contributed by atoms with Crippen molar-refractivity contribution in [2.75, 3.05) is 11.1 Å². The van der Waals surface area contributed by atoms with E-state index in [0.29, 0.717) is 10.8 Å². The van der Waals surface area contributed by atoms with Crippen LogP contribution in [0.15, 0.2) is 48.5 Å². The summed E-state index contributed by atoms with van der Waals surface area (Å²) < 4.78 is 12.9. The minimum absolute atomic E-state index is 0.00983. The molecule has 0 aliphatic rings. The molecule has 1 atom stereocenters. The first-order chi connectivity index (χ1) is 9.54. The Morgan fingerprint density at radius 1 is 1.10 bits per heavy atom. The van der Waals surface area contributed by atoms with Gasteiger partial charge < -0.3 is 16.4 Å². The van der Waals surface area contributed by atoms with Crippen LogP contribution < -0.4 is 16.4 Å². The average Bonchev–Trinajstić information content (AvgIpc) is 2.42. The molecule has 4 N–H and O–H groups in total. The molecule has 0 bridgehead atoms. The number of thiocarbonyl (C=S) groups is 1. The van der Waals surface area contributed by atoms with Crippen LogP contribution in [-0.2, 0) is 0 Å². The lowest BCUT2D eigenvalue weighted by Gasteiger charge is -2.17. The predicted octanol–water partition coefficient (Wildman–Crippen LogP) is 3.46. The number of hydrogen-bond acceptors (Lipinski definition) is 2. The quantitative estimate of drug-likeness (QED) is 0.598. The van der Waals surface area contributed by atoms with Gasteiger partial charge in [-0.1, -0.05) is 12.1 Å². The van der Waals surface area contributed by atoms with E-state index in [-0.39, 0.29) is 11.9 Å². The maximum absolute atomic E-state index is 12.9. The average molecular weight is 289 g/mol. The zero-order chi connectivity index (χ0) is 14.5. The van der Waals surface area contributed by atoms with Gasteiger partial charge in [0, 0.05) is 11.4 Å². The summed E-state index contributed by atoms with van der Waals surface area (Å²) in [6.07, 6.45) is 0. The Kier molecular flexibility index (Phi) is 4.53. The normalized spacial score (nSPS) is 11.7. The number of halogens is 1. The third-order valence-electron chi connectivity index (χ3n) is 2.89.